The highest BCUT2D eigenvalue weighted by atomic mass is 15.1. The minimum atomic E-state index is -0.0483. The lowest BCUT2D eigenvalue weighted by Gasteiger charge is -2.27. The lowest BCUT2D eigenvalue weighted by Crippen LogP contribution is -2.15. The van der Waals surface area contributed by atoms with Crippen LogP contribution >= 0.6 is 0 Å². The molecule has 10 rings (SSSR count). The van der Waals surface area contributed by atoms with Gasteiger partial charge in [-0.3, -0.25) is 0 Å². The molecule has 0 aromatic heterocycles. The van der Waals surface area contributed by atoms with Gasteiger partial charge in [0.05, 0.1) is 0 Å². The van der Waals surface area contributed by atoms with E-state index in [2.05, 4.69) is 219 Å². The van der Waals surface area contributed by atoms with Crippen molar-refractivity contribution in [3.8, 4) is 44.5 Å². The van der Waals surface area contributed by atoms with Gasteiger partial charge in [0.2, 0.25) is 0 Å². The fourth-order valence-corrected chi connectivity index (χ4v) is 8.78. The Balaban J connectivity index is 1.11. The highest BCUT2D eigenvalue weighted by Crippen LogP contribution is 2.51. The molecule has 0 atom stereocenters. The molecule has 0 saturated heterocycles. The number of anilines is 3. The molecule has 1 aliphatic rings. The van der Waals surface area contributed by atoms with E-state index >= 15 is 0 Å². The maximum absolute atomic E-state index is 2.41. The molecule has 9 aromatic carbocycles. The van der Waals surface area contributed by atoms with Crippen LogP contribution in [0.2, 0.25) is 0 Å². The smallest absolute Gasteiger partial charge is 0.0468 e. The van der Waals surface area contributed by atoms with Crippen molar-refractivity contribution in [3.05, 3.63) is 211 Å². The van der Waals surface area contributed by atoms with Crippen LogP contribution in [-0.4, -0.2) is 0 Å². The molecule has 0 aliphatic heterocycles. The van der Waals surface area contributed by atoms with Crippen LogP contribution in [0.25, 0.3) is 66.1 Å². The predicted octanol–water partition coefficient (Wildman–Crippen LogP) is 14.8. The summed E-state index contributed by atoms with van der Waals surface area (Å²) in [5.41, 5.74) is 16.1. The zero-order chi connectivity index (χ0) is 36.2. The minimum absolute atomic E-state index is 0.0483. The molecule has 0 spiro atoms. The Morgan fingerprint density at radius 2 is 0.870 bits per heavy atom. The third kappa shape index (κ3) is 5.24. The van der Waals surface area contributed by atoms with Crippen LogP contribution in [0.4, 0.5) is 17.1 Å². The van der Waals surface area contributed by atoms with Crippen molar-refractivity contribution in [1.82, 2.24) is 0 Å². The zero-order valence-electron chi connectivity index (χ0n) is 30.5. The first-order valence-corrected chi connectivity index (χ1v) is 18.8. The molecule has 1 nitrogen and oxygen atoms in total. The van der Waals surface area contributed by atoms with Gasteiger partial charge in [-0.2, -0.15) is 0 Å². The van der Waals surface area contributed by atoms with E-state index in [1.165, 1.54) is 77.2 Å². The summed E-state index contributed by atoms with van der Waals surface area (Å²) in [6, 6.07) is 73.4. The summed E-state index contributed by atoms with van der Waals surface area (Å²) >= 11 is 0. The summed E-state index contributed by atoms with van der Waals surface area (Å²) in [7, 11) is 0. The topological polar surface area (TPSA) is 3.24 Å². The summed E-state index contributed by atoms with van der Waals surface area (Å²) < 4.78 is 0. The van der Waals surface area contributed by atoms with E-state index in [9.17, 15) is 0 Å². The molecule has 0 heterocycles. The summed E-state index contributed by atoms with van der Waals surface area (Å²) in [6.07, 6.45) is 0. The normalized spacial score (nSPS) is 12.8. The zero-order valence-corrected chi connectivity index (χ0v) is 30.5. The highest BCUT2D eigenvalue weighted by molar-refractivity contribution is 6.04. The first-order valence-electron chi connectivity index (χ1n) is 18.8. The summed E-state index contributed by atoms with van der Waals surface area (Å²) in [4.78, 5) is 2.41. The monoisotopic (exact) mass is 689 g/mol. The van der Waals surface area contributed by atoms with Crippen molar-refractivity contribution in [1.29, 1.82) is 0 Å². The molecule has 0 amide bonds. The molecule has 0 N–H and O–H groups in total. The SMILES string of the molecule is CC1(C)c2ccccc2-c2cc(N(c3ccc(-c4ccc5ccccc5c4-c4ccccc4)cc3)c3ccc(-c4cccc5ccccc45)cc3)ccc21. The number of fused-ring (bicyclic) bond motifs is 5. The summed E-state index contributed by atoms with van der Waals surface area (Å²) in [5.74, 6) is 0. The van der Waals surface area contributed by atoms with Crippen LogP contribution in [0.5, 0.6) is 0 Å². The van der Waals surface area contributed by atoms with E-state index in [1.54, 1.807) is 0 Å². The van der Waals surface area contributed by atoms with Crippen LogP contribution in [0.15, 0.2) is 200 Å². The quantitative estimate of drug-likeness (QED) is 0.168. The molecule has 0 unspecified atom stereocenters. The number of hydrogen-bond acceptors (Lipinski definition) is 1. The van der Waals surface area contributed by atoms with Gasteiger partial charge in [-0.15, -0.1) is 0 Å². The molecule has 1 aliphatic carbocycles. The van der Waals surface area contributed by atoms with Crippen molar-refractivity contribution in [2.75, 3.05) is 4.90 Å². The van der Waals surface area contributed by atoms with Gasteiger partial charge >= 0.3 is 0 Å². The van der Waals surface area contributed by atoms with E-state index in [0.717, 1.165) is 17.1 Å². The Morgan fingerprint density at radius 1 is 0.333 bits per heavy atom. The van der Waals surface area contributed by atoms with E-state index in [-0.39, 0.29) is 5.41 Å². The first kappa shape index (κ1) is 32.0. The molecule has 0 fully saturated rings. The Labute approximate surface area is 317 Å². The molecule has 54 heavy (non-hydrogen) atoms. The molecule has 1 heteroatoms. The van der Waals surface area contributed by atoms with Gasteiger partial charge < -0.3 is 4.90 Å². The van der Waals surface area contributed by atoms with Gasteiger partial charge in [0.25, 0.3) is 0 Å². The summed E-state index contributed by atoms with van der Waals surface area (Å²) in [6.45, 7) is 4.69. The van der Waals surface area contributed by atoms with Crippen LogP contribution in [0.1, 0.15) is 25.0 Å². The average molecular weight is 690 g/mol. The van der Waals surface area contributed by atoms with E-state index in [4.69, 9.17) is 0 Å². The molecule has 0 saturated carbocycles. The van der Waals surface area contributed by atoms with Crippen molar-refractivity contribution in [2.24, 2.45) is 0 Å². The third-order valence-corrected chi connectivity index (χ3v) is 11.5. The Kier molecular flexibility index (Phi) is 7.56. The van der Waals surface area contributed by atoms with Crippen LogP contribution in [0.3, 0.4) is 0 Å². The molecule has 0 radical (unpaired) electrons. The fourth-order valence-electron chi connectivity index (χ4n) is 8.78. The van der Waals surface area contributed by atoms with Crippen LogP contribution < -0.4 is 4.90 Å². The Morgan fingerprint density at radius 3 is 1.61 bits per heavy atom. The second-order valence-electron chi connectivity index (χ2n) is 14.9. The number of rotatable bonds is 6. The van der Waals surface area contributed by atoms with Crippen LogP contribution in [0, 0.1) is 0 Å². The number of benzene rings is 9. The van der Waals surface area contributed by atoms with Gasteiger partial charge in [0.15, 0.2) is 0 Å². The van der Waals surface area contributed by atoms with Gasteiger partial charge in [-0.1, -0.05) is 178 Å². The Bertz CT molecular complexity index is 2820. The maximum Gasteiger partial charge on any atom is 0.0468 e. The molecule has 0 bridgehead atoms. The number of nitrogens with zero attached hydrogens (tertiary/aromatic N) is 1. The molecule has 256 valence electrons. The minimum Gasteiger partial charge on any atom is -0.310 e. The average Bonchev–Trinajstić information content (AvgIpc) is 3.46. The lowest BCUT2D eigenvalue weighted by atomic mass is 9.82. The van der Waals surface area contributed by atoms with E-state index < -0.39 is 0 Å². The van der Waals surface area contributed by atoms with Crippen molar-refractivity contribution in [3.63, 3.8) is 0 Å². The van der Waals surface area contributed by atoms with Crippen LogP contribution in [-0.2, 0) is 5.41 Å². The Hall–Kier alpha value is -6.70. The second kappa shape index (κ2) is 12.8. The largest absolute Gasteiger partial charge is 0.310 e. The fraction of sp³-hybridized carbons (Fsp3) is 0.0566. The second-order valence-corrected chi connectivity index (χ2v) is 14.9. The maximum atomic E-state index is 2.41. The highest BCUT2D eigenvalue weighted by Gasteiger charge is 2.35. The van der Waals surface area contributed by atoms with E-state index in [1.807, 2.05) is 0 Å². The molecular formula is C53H39N. The van der Waals surface area contributed by atoms with Crippen molar-refractivity contribution < 1.29 is 0 Å². The van der Waals surface area contributed by atoms with Gasteiger partial charge in [0, 0.05) is 22.5 Å². The van der Waals surface area contributed by atoms with Gasteiger partial charge in [0.1, 0.15) is 0 Å². The first-order chi connectivity index (χ1) is 26.5. The lowest BCUT2D eigenvalue weighted by molar-refractivity contribution is 0.660. The standard InChI is InChI=1S/C53H39N/c1-53(2)50-22-11-10-20-48(50)49-35-43(32-34-51(49)53)54(41-28-23-38(24-29-41)45-21-12-17-36-13-6-8-18-44(36)45)42-30-25-39(26-31-42)47-33-27-37-14-7-9-19-46(37)52(47)40-15-4-3-5-16-40/h3-35H,1-2H3. The summed E-state index contributed by atoms with van der Waals surface area (Å²) in [5, 5.41) is 5.03. The van der Waals surface area contributed by atoms with Gasteiger partial charge in [-0.25, -0.2) is 0 Å². The van der Waals surface area contributed by atoms with Crippen molar-refractivity contribution in [2.45, 2.75) is 19.3 Å². The molecular weight excluding hydrogens is 651 g/mol. The van der Waals surface area contributed by atoms with E-state index in [0.29, 0.717) is 0 Å². The molecule has 9 aromatic rings. The number of hydrogen-bond donors (Lipinski definition) is 0. The predicted molar refractivity (Wildman–Crippen MR) is 230 cm³/mol. The van der Waals surface area contributed by atoms with Gasteiger partial charge in [-0.05, 0) is 114 Å². The third-order valence-electron chi connectivity index (χ3n) is 11.5. The van der Waals surface area contributed by atoms with Crippen molar-refractivity contribution >= 4 is 38.6 Å².